The van der Waals surface area contributed by atoms with Gasteiger partial charge in [0.2, 0.25) is 0 Å². The molecule has 1 aliphatic rings. The molecule has 1 aliphatic heterocycles. The number of hydrogen-bond acceptors (Lipinski definition) is 6. The van der Waals surface area contributed by atoms with Crippen LogP contribution in [-0.2, 0) is 0 Å². The molecule has 0 saturated carbocycles. The van der Waals surface area contributed by atoms with Crippen LogP contribution >= 0.6 is 11.3 Å². The monoisotopic (exact) mass is 317 g/mol. The number of aryl methyl sites for hydroxylation is 1. The van der Waals surface area contributed by atoms with E-state index >= 15 is 0 Å². The number of piperazine rings is 1. The van der Waals surface area contributed by atoms with E-state index in [0.29, 0.717) is 13.1 Å². The number of carbonyl (C=O) groups is 1. The zero-order valence-electron chi connectivity index (χ0n) is 12.7. The highest BCUT2D eigenvalue weighted by atomic mass is 32.1. The lowest BCUT2D eigenvalue weighted by Gasteiger charge is -2.35. The Morgan fingerprint density at radius 3 is 2.64 bits per heavy atom. The van der Waals surface area contributed by atoms with Crippen LogP contribution < -0.4 is 10.2 Å². The number of rotatable bonds is 3. The molecule has 0 radical (unpaired) electrons. The number of carbonyl (C=O) groups excluding carboxylic acids is 1. The quantitative estimate of drug-likeness (QED) is 0.936. The van der Waals surface area contributed by atoms with Crippen molar-refractivity contribution < 1.29 is 4.79 Å². The molecule has 3 rings (SSSR count). The van der Waals surface area contributed by atoms with Crippen LogP contribution in [0.25, 0.3) is 0 Å². The third-order valence-electron chi connectivity index (χ3n) is 3.74. The molecule has 7 heteroatoms. The van der Waals surface area contributed by atoms with Gasteiger partial charge in [-0.15, -0.1) is 0 Å². The third kappa shape index (κ3) is 2.89. The van der Waals surface area contributed by atoms with Crippen LogP contribution in [0, 0.1) is 6.92 Å². The first-order valence-electron chi connectivity index (χ1n) is 7.29. The lowest BCUT2D eigenvalue weighted by molar-refractivity contribution is 0.0750. The molecule has 0 spiro atoms. The zero-order valence-corrected chi connectivity index (χ0v) is 13.6. The molecule has 1 fully saturated rings. The minimum atomic E-state index is 0.0807. The van der Waals surface area contributed by atoms with Crippen molar-refractivity contribution >= 4 is 28.2 Å². The van der Waals surface area contributed by atoms with Gasteiger partial charge in [-0.2, -0.15) is 0 Å². The van der Waals surface area contributed by atoms with Gasteiger partial charge in [0.25, 0.3) is 5.91 Å². The summed E-state index contributed by atoms with van der Waals surface area (Å²) in [4.78, 5) is 26.2. The number of nitrogens with zero attached hydrogens (tertiary/aromatic N) is 4. The summed E-state index contributed by atoms with van der Waals surface area (Å²) >= 11 is 1.42. The molecule has 0 aromatic carbocycles. The van der Waals surface area contributed by atoms with E-state index in [0.717, 1.165) is 34.6 Å². The van der Waals surface area contributed by atoms with E-state index in [2.05, 4.69) is 20.2 Å². The number of pyridine rings is 1. The van der Waals surface area contributed by atoms with Crippen molar-refractivity contribution in [2.24, 2.45) is 0 Å². The average Bonchev–Trinajstić information content (AvgIpc) is 2.96. The standard InChI is InChI=1S/C15H19N5OS/c1-11-13(22-15(16-2)18-11)14(21)20-9-7-19(8-10-20)12-5-3-4-6-17-12/h3-6H,7-10H2,1-2H3,(H,16,18). The van der Waals surface area contributed by atoms with Crippen LogP contribution in [0.15, 0.2) is 24.4 Å². The largest absolute Gasteiger partial charge is 0.365 e. The van der Waals surface area contributed by atoms with Crippen molar-refractivity contribution in [2.45, 2.75) is 6.92 Å². The predicted molar refractivity (Wildman–Crippen MR) is 88.8 cm³/mol. The van der Waals surface area contributed by atoms with Gasteiger partial charge in [0, 0.05) is 39.4 Å². The van der Waals surface area contributed by atoms with Gasteiger partial charge in [0.05, 0.1) is 5.69 Å². The van der Waals surface area contributed by atoms with E-state index in [1.54, 1.807) is 6.20 Å². The Morgan fingerprint density at radius 2 is 2.05 bits per heavy atom. The van der Waals surface area contributed by atoms with Crippen LogP contribution in [-0.4, -0.2) is 54.0 Å². The molecule has 2 aromatic heterocycles. The summed E-state index contributed by atoms with van der Waals surface area (Å²) in [6.07, 6.45) is 1.80. The molecule has 0 atom stereocenters. The van der Waals surface area contributed by atoms with Gasteiger partial charge in [-0.1, -0.05) is 17.4 Å². The van der Waals surface area contributed by atoms with Crippen molar-refractivity contribution in [3.63, 3.8) is 0 Å². The molecule has 22 heavy (non-hydrogen) atoms. The van der Waals surface area contributed by atoms with E-state index in [-0.39, 0.29) is 5.91 Å². The fourth-order valence-electron chi connectivity index (χ4n) is 2.52. The number of amides is 1. The number of anilines is 2. The van der Waals surface area contributed by atoms with Gasteiger partial charge < -0.3 is 15.1 Å². The van der Waals surface area contributed by atoms with E-state index in [4.69, 9.17) is 0 Å². The smallest absolute Gasteiger partial charge is 0.266 e. The maximum Gasteiger partial charge on any atom is 0.266 e. The summed E-state index contributed by atoms with van der Waals surface area (Å²) in [5.41, 5.74) is 0.798. The Balaban J connectivity index is 1.66. The minimum Gasteiger partial charge on any atom is -0.365 e. The van der Waals surface area contributed by atoms with Gasteiger partial charge in [0.1, 0.15) is 10.7 Å². The first-order valence-corrected chi connectivity index (χ1v) is 8.11. The molecular weight excluding hydrogens is 298 g/mol. The van der Waals surface area contributed by atoms with E-state index in [9.17, 15) is 4.79 Å². The van der Waals surface area contributed by atoms with Crippen LogP contribution in [0.5, 0.6) is 0 Å². The van der Waals surface area contributed by atoms with Crippen molar-refractivity contribution in [3.8, 4) is 0 Å². The van der Waals surface area contributed by atoms with E-state index < -0.39 is 0 Å². The van der Waals surface area contributed by atoms with Gasteiger partial charge in [-0.05, 0) is 19.1 Å². The summed E-state index contributed by atoms with van der Waals surface area (Å²) in [5.74, 6) is 1.05. The average molecular weight is 317 g/mol. The van der Waals surface area contributed by atoms with Crippen LogP contribution in [0.4, 0.5) is 10.9 Å². The molecular formula is C15H19N5OS. The molecule has 3 heterocycles. The highest BCUT2D eigenvalue weighted by Gasteiger charge is 2.25. The predicted octanol–water partition coefficient (Wildman–Crippen LogP) is 1.85. The molecule has 0 bridgehead atoms. The summed E-state index contributed by atoms with van der Waals surface area (Å²) in [6, 6.07) is 5.90. The molecule has 0 unspecified atom stereocenters. The molecule has 0 aliphatic carbocycles. The molecule has 6 nitrogen and oxygen atoms in total. The Labute approximate surface area is 133 Å². The van der Waals surface area contributed by atoms with Crippen molar-refractivity contribution in [1.29, 1.82) is 0 Å². The second-order valence-electron chi connectivity index (χ2n) is 5.15. The number of thiazole rings is 1. The highest BCUT2D eigenvalue weighted by molar-refractivity contribution is 7.17. The van der Waals surface area contributed by atoms with Gasteiger partial charge in [-0.3, -0.25) is 4.79 Å². The van der Waals surface area contributed by atoms with Crippen molar-refractivity contribution in [1.82, 2.24) is 14.9 Å². The first-order chi connectivity index (χ1) is 10.7. The minimum absolute atomic E-state index is 0.0807. The maximum atomic E-state index is 12.6. The van der Waals surface area contributed by atoms with Crippen molar-refractivity contribution in [2.75, 3.05) is 43.4 Å². The Hall–Kier alpha value is -2.15. The zero-order chi connectivity index (χ0) is 15.5. The molecule has 1 amide bonds. The Morgan fingerprint density at radius 1 is 1.27 bits per heavy atom. The summed E-state index contributed by atoms with van der Waals surface area (Å²) in [5, 5.41) is 3.78. The second-order valence-corrected chi connectivity index (χ2v) is 6.15. The number of nitrogens with one attached hydrogen (secondary N) is 1. The fourth-order valence-corrected chi connectivity index (χ4v) is 3.41. The molecule has 1 N–H and O–H groups in total. The molecule has 1 saturated heterocycles. The Kier molecular flexibility index (Phi) is 4.24. The van der Waals surface area contributed by atoms with E-state index in [1.807, 2.05) is 37.1 Å². The topological polar surface area (TPSA) is 61.4 Å². The normalized spacial score (nSPS) is 15.0. The lowest BCUT2D eigenvalue weighted by Crippen LogP contribution is -2.49. The fraction of sp³-hybridized carbons (Fsp3) is 0.400. The SMILES string of the molecule is CNc1nc(C)c(C(=O)N2CCN(c3ccccn3)CC2)s1. The van der Waals surface area contributed by atoms with Crippen molar-refractivity contribution in [3.05, 3.63) is 35.0 Å². The van der Waals surface area contributed by atoms with E-state index in [1.165, 1.54) is 11.3 Å². The molecule has 116 valence electrons. The van der Waals surface area contributed by atoms with Gasteiger partial charge in [0.15, 0.2) is 5.13 Å². The summed E-state index contributed by atoms with van der Waals surface area (Å²) in [7, 11) is 1.82. The van der Waals surface area contributed by atoms with Crippen LogP contribution in [0.1, 0.15) is 15.4 Å². The number of aromatic nitrogens is 2. The highest BCUT2D eigenvalue weighted by Crippen LogP contribution is 2.24. The maximum absolute atomic E-state index is 12.6. The van der Waals surface area contributed by atoms with Crippen LogP contribution in [0.3, 0.4) is 0 Å². The third-order valence-corrected chi connectivity index (χ3v) is 4.91. The second kappa shape index (κ2) is 6.31. The van der Waals surface area contributed by atoms with Gasteiger partial charge in [-0.25, -0.2) is 9.97 Å². The van der Waals surface area contributed by atoms with Crippen LogP contribution in [0.2, 0.25) is 0 Å². The molecule has 2 aromatic rings. The Bertz CT molecular complexity index is 649. The lowest BCUT2D eigenvalue weighted by atomic mass is 10.2. The summed E-state index contributed by atoms with van der Waals surface area (Å²) < 4.78 is 0. The first kappa shape index (κ1) is 14.8. The van der Waals surface area contributed by atoms with Gasteiger partial charge >= 0.3 is 0 Å². The summed E-state index contributed by atoms with van der Waals surface area (Å²) in [6.45, 7) is 4.91. The number of hydrogen-bond donors (Lipinski definition) is 1.